The normalized spacial score (nSPS) is 11.3. The average Bonchev–Trinajstić information content (AvgIpc) is 2.66. The molecule has 2 amide bonds. The van der Waals surface area contributed by atoms with Gasteiger partial charge >= 0.3 is 5.97 Å². The Kier molecular flexibility index (Phi) is 8.10. The van der Waals surface area contributed by atoms with Crippen LogP contribution in [0.4, 0.5) is 0 Å². The molecular weight excluding hydrogens is 475 g/mol. The quantitative estimate of drug-likeness (QED) is 0.478. The molecule has 10 heteroatoms. The Morgan fingerprint density at radius 2 is 1.75 bits per heavy atom. The lowest BCUT2D eigenvalue weighted by Gasteiger charge is -2.15. The molecular formula is C18H15BrCl2N2O5. The van der Waals surface area contributed by atoms with Crippen LogP contribution in [0.25, 0.3) is 0 Å². The van der Waals surface area contributed by atoms with E-state index in [1.807, 2.05) is 0 Å². The number of hydrazine groups is 1. The van der Waals surface area contributed by atoms with Crippen LogP contribution in [0.15, 0.2) is 46.9 Å². The first-order valence-electron chi connectivity index (χ1n) is 7.89. The molecule has 7 nitrogen and oxygen atoms in total. The van der Waals surface area contributed by atoms with E-state index < -0.39 is 30.5 Å². The number of rotatable bonds is 6. The fraction of sp³-hybridized carbons (Fsp3) is 0.167. The first kappa shape index (κ1) is 22.0. The molecule has 2 N–H and O–H groups in total. The van der Waals surface area contributed by atoms with Crippen molar-refractivity contribution in [1.82, 2.24) is 10.9 Å². The monoisotopic (exact) mass is 488 g/mol. The minimum absolute atomic E-state index is 0.237. The van der Waals surface area contributed by atoms with Crippen LogP contribution < -0.4 is 15.6 Å². The molecule has 28 heavy (non-hydrogen) atoms. The topological polar surface area (TPSA) is 93.7 Å². The van der Waals surface area contributed by atoms with Crippen LogP contribution in [0.3, 0.4) is 0 Å². The van der Waals surface area contributed by atoms with E-state index in [-0.39, 0.29) is 10.8 Å². The maximum Gasteiger partial charge on any atom is 0.347 e. The lowest BCUT2D eigenvalue weighted by atomic mass is 10.2. The predicted octanol–water partition coefficient (Wildman–Crippen LogP) is 3.53. The first-order valence-corrected chi connectivity index (χ1v) is 9.44. The van der Waals surface area contributed by atoms with Crippen LogP contribution >= 0.6 is 39.1 Å². The number of hydrogen-bond acceptors (Lipinski definition) is 5. The predicted molar refractivity (Wildman–Crippen MR) is 107 cm³/mol. The van der Waals surface area contributed by atoms with Crippen molar-refractivity contribution in [2.45, 2.75) is 13.0 Å². The summed E-state index contributed by atoms with van der Waals surface area (Å²) in [5.74, 6) is -1.75. The molecule has 2 rings (SSSR count). The zero-order valence-electron chi connectivity index (χ0n) is 14.5. The van der Waals surface area contributed by atoms with Crippen molar-refractivity contribution < 1.29 is 23.9 Å². The highest BCUT2D eigenvalue weighted by Gasteiger charge is 2.19. The second-order valence-corrected chi connectivity index (χ2v) is 7.21. The van der Waals surface area contributed by atoms with E-state index in [4.69, 9.17) is 32.7 Å². The number of amides is 2. The minimum atomic E-state index is -1.01. The second kappa shape index (κ2) is 10.3. The summed E-state index contributed by atoms with van der Waals surface area (Å²) >= 11 is 15.0. The third-order valence-corrected chi connectivity index (χ3v) is 4.36. The molecule has 0 aromatic heterocycles. The number of nitrogens with one attached hydrogen (secondary N) is 2. The molecule has 1 atom stereocenters. The summed E-state index contributed by atoms with van der Waals surface area (Å²) < 4.78 is 11.1. The van der Waals surface area contributed by atoms with E-state index in [9.17, 15) is 14.4 Å². The van der Waals surface area contributed by atoms with Gasteiger partial charge in [0, 0.05) is 15.1 Å². The van der Waals surface area contributed by atoms with Crippen LogP contribution in [-0.4, -0.2) is 30.5 Å². The summed E-state index contributed by atoms with van der Waals surface area (Å²) in [5.41, 5.74) is 4.72. The number of carbonyl (C=O) groups excluding carboxylic acids is 3. The largest absolute Gasteiger partial charge is 0.477 e. The van der Waals surface area contributed by atoms with Gasteiger partial charge in [0.15, 0.2) is 12.7 Å². The summed E-state index contributed by atoms with van der Waals surface area (Å²) in [5, 5.41) is 0.662. The van der Waals surface area contributed by atoms with E-state index in [0.29, 0.717) is 10.6 Å². The SMILES string of the molecule is C[C@@H](Oc1ccc(Cl)cc1Cl)C(=O)OCC(=O)NNC(=O)c1ccc(Br)cc1. The van der Waals surface area contributed by atoms with Crippen molar-refractivity contribution in [3.05, 3.63) is 62.5 Å². The van der Waals surface area contributed by atoms with Gasteiger partial charge in [-0.2, -0.15) is 0 Å². The Bertz CT molecular complexity index is 877. The van der Waals surface area contributed by atoms with Gasteiger partial charge in [0.25, 0.3) is 11.8 Å². The molecule has 0 heterocycles. The van der Waals surface area contributed by atoms with Gasteiger partial charge in [0.1, 0.15) is 5.75 Å². The van der Waals surface area contributed by atoms with Gasteiger partial charge in [-0.1, -0.05) is 39.1 Å². The number of esters is 1. The van der Waals surface area contributed by atoms with Gasteiger partial charge in [-0.15, -0.1) is 0 Å². The van der Waals surface area contributed by atoms with E-state index in [0.717, 1.165) is 4.47 Å². The number of halogens is 3. The first-order chi connectivity index (χ1) is 13.3. The molecule has 0 bridgehead atoms. The molecule has 0 saturated heterocycles. The maximum atomic E-state index is 11.9. The molecule has 148 valence electrons. The lowest BCUT2D eigenvalue weighted by molar-refractivity contribution is -0.154. The number of carbonyl (C=O) groups is 3. The Morgan fingerprint density at radius 3 is 2.39 bits per heavy atom. The summed E-state index contributed by atoms with van der Waals surface area (Å²) in [7, 11) is 0. The molecule has 2 aromatic rings. The van der Waals surface area contributed by atoms with E-state index in [2.05, 4.69) is 26.8 Å². The van der Waals surface area contributed by atoms with Gasteiger partial charge in [-0.05, 0) is 49.4 Å². The standard InChI is InChI=1S/C18H15BrCl2N2O5/c1-10(28-15-7-6-13(20)8-14(15)21)18(26)27-9-16(24)22-23-17(25)11-2-4-12(19)5-3-11/h2-8,10H,9H2,1H3,(H,22,24)(H,23,25)/t10-/m1/s1. The van der Waals surface area contributed by atoms with Crippen molar-refractivity contribution in [2.75, 3.05) is 6.61 Å². The molecule has 2 aromatic carbocycles. The second-order valence-electron chi connectivity index (χ2n) is 5.45. The summed E-state index contributed by atoms with van der Waals surface area (Å²) in [6, 6.07) is 11.1. The third kappa shape index (κ3) is 6.70. The van der Waals surface area contributed by atoms with E-state index in [1.165, 1.54) is 19.1 Å². The van der Waals surface area contributed by atoms with Gasteiger partial charge in [0.05, 0.1) is 5.02 Å². The minimum Gasteiger partial charge on any atom is -0.477 e. The molecule has 0 radical (unpaired) electrons. The van der Waals surface area contributed by atoms with Gasteiger partial charge in [0.2, 0.25) is 0 Å². The Morgan fingerprint density at radius 1 is 1.07 bits per heavy atom. The molecule has 0 aliphatic rings. The number of benzene rings is 2. The molecule has 0 unspecified atom stereocenters. The van der Waals surface area contributed by atoms with Crippen molar-refractivity contribution in [3.63, 3.8) is 0 Å². The van der Waals surface area contributed by atoms with Crippen molar-refractivity contribution in [3.8, 4) is 5.75 Å². The van der Waals surface area contributed by atoms with Crippen LogP contribution in [0.2, 0.25) is 10.0 Å². The highest BCUT2D eigenvalue weighted by atomic mass is 79.9. The summed E-state index contributed by atoms with van der Waals surface area (Å²) in [6.45, 7) is 0.849. The Balaban J connectivity index is 1.75. The van der Waals surface area contributed by atoms with Crippen LogP contribution in [-0.2, 0) is 14.3 Å². The van der Waals surface area contributed by atoms with E-state index in [1.54, 1.807) is 30.3 Å². The highest BCUT2D eigenvalue weighted by Crippen LogP contribution is 2.28. The van der Waals surface area contributed by atoms with Gasteiger partial charge < -0.3 is 9.47 Å². The zero-order valence-corrected chi connectivity index (χ0v) is 17.6. The number of ether oxygens (including phenoxy) is 2. The average molecular weight is 490 g/mol. The Labute approximate surface area is 179 Å². The molecule has 0 spiro atoms. The van der Waals surface area contributed by atoms with Crippen molar-refractivity contribution in [1.29, 1.82) is 0 Å². The zero-order chi connectivity index (χ0) is 20.7. The Hall–Kier alpha value is -2.29. The lowest BCUT2D eigenvalue weighted by Crippen LogP contribution is -2.44. The fourth-order valence-electron chi connectivity index (χ4n) is 1.90. The molecule has 0 aliphatic heterocycles. The van der Waals surface area contributed by atoms with E-state index >= 15 is 0 Å². The molecule has 0 fully saturated rings. The maximum absolute atomic E-state index is 11.9. The van der Waals surface area contributed by atoms with Crippen molar-refractivity contribution in [2.24, 2.45) is 0 Å². The summed E-state index contributed by atoms with van der Waals surface area (Å²) in [4.78, 5) is 35.5. The molecule has 0 aliphatic carbocycles. The smallest absolute Gasteiger partial charge is 0.347 e. The van der Waals surface area contributed by atoms with Gasteiger partial charge in [-0.3, -0.25) is 20.4 Å². The van der Waals surface area contributed by atoms with Crippen LogP contribution in [0.5, 0.6) is 5.75 Å². The van der Waals surface area contributed by atoms with Crippen molar-refractivity contribution >= 4 is 56.9 Å². The highest BCUT2D eigenvalue weighted by molar-refractivity contribution is 9.10. The number of hydrogen-bond donors (Lipinski definition) is 2. The molecule has 0 saturated carbocycles. The van der Waals surface area contributed by atoms with Crippen LogP contribution in [0, 0.1) is 0 Å². The third-order valence-electron chi connectivity index (χ3n) is 3.30. The van der Waals surface area contributed by atoms with Crippen LogP contribution in [0.1, 0.15) is 17.3 Å². The van der Waals surface area contributed by atoms with Gasteiger partial charge in [-0.25, -0.2) is 4.79 Å². The summed E-state index contributed by atoms with van der Waals surface area (Å²) in [6.07, 6.45) is -1.01. The fourth-order valence-corrected chi connectivity index (χ4v) is 2.62.